The van der Waals surface area contributed by atoms with Crippen molar-refractivity contribution in [1.82, 2.24) is 4.98 Å². The standard InChI is InChI=1S/C12H9N.C3H8O2/c1-3-7-11-9(5-1)10-6-2-4-8-12(10)13-11;1-3(4)5-2/h1-8,13H;3-4H,1-2H3. The number of aromatic nitrogens is 1. The fraction of sp³-hybridized carbons (Fsp3) is 0.200. The highest BCUT2D eigenvalue weighted by molar-refractivity contribution is 6.06. The van der Waals surface area contributed by atoms with Crippen LogP contribution in [-0.2, 0) is 4.74 Å². The number of aliphatic hydroxyl groups excluding tert-OH is 1. The van der Waals surface area contributed by atoms with Crippen LogP contribution in [0.25, 0.3) is 21.8 Å². The molecule has 3 rings (SSSR count). The summed E-state index contributed by atoms with van der Waals surface area (Å²) in [6.07, 6.45) is -0.616. The Hall–Kier alpha value is -1.84. The van der Waals surface area contributed by atoms with Crippen molar-refractivity contribution in [2.45, 2.75) is 13.2 Å². The molecular formula is C15H17NO2. The zero-order valence-corrected chi connectivity index (χ0v) is 10.6. The van der Waals surface area contributed by atoms with E-state index < -0.39 is 6.29 Å². The lowest BCUT2D eigenvalue weighted by atomic mass is 10.2. The van der Waals surface area contributed by atoms with Gasteiger partial charge in [-0.05, 0) is 19.1 Å². The van der Waals surface area contributed by atoms with E-state index in [1.54, 1.807) is 6.92 Å². The second-order valence-electron chi connectivity index (χ2n) is 4.05. The molecule has 2 N–H and O–H groups in total. The summed E-state index contributed by atoms with van der Waals surface area (Å²) < 4.78 is 4.31. The number of aromatic amines is 1. The third-order valence-corrected chi connectivity index (χ3v) is 2.75. The lowest BCUT2D eigenvalue weighted by Gasteiger charge is -1.94. The van der Waals surface area contributed by atoms with Crippen molar-refractivity contribution in [2.75, 3.05) is 7.11 Å². The van der Waals surface area contributed by atoms with Gasteiger partial charge in [-0.25, -0.2) is 0 Å². The van der Waals surface area contributed by atoms with Gasteiger partial charge in [0.25, 0.3) is 0 Å². The van der Waals surface area contributed by atoms with Gasteiger partial charge < -0.3 is 14.8 Å². The number of rotatable bonds is 1. The summed E-state index contributed by atoms with van der Waals surface area (Å²) in [7, 11) is 1.45. The number of para-hydroxylation sites is 2. The average molecular weight is 243 g/mol. The van der Waals surface area contributed by atoms with Crippen LogP contribution in [-0.4, -0.2) is 23.5 Å². The van der Waals surface area contributed by atoms with E-state index in [1.807, 2.05) is 0 Å². The first kappa shape index (κ1) is 12.6. The molecule has 3 aromatic rings. The fourth-order valence-corrected chi connectivity index (χ4v) is 1.80. The second kappa shape index (κ2) is 5.67. The Balaban J connectivity index is 0.000000209. The molecule has 94 valence electrons. The van der Waals surface area contributed by atoms with Crippen LogP contribution in [0.5, 0.6) is 0 Å². The Morgan fingerprint density at radius 3 is 1.72 bits per heavy atom. The maximum atomic E-state index is 8.14. The number of H-pyrrole nitrogens is 1. The van der Waals surface area contributed by atoms with Crippen molar-refractivity contribution in [3.05, 3.63) is 48.5 Å². The van der Waals surface area contributed by atoms with Crippen molar-refractivity contribution < 1.29 is 9.84 Å². The van der Waals surface area contributed by atoms with Crippen LogP contribution in [0.15, 0.2) is 48.5 Å². The highest BCUT2D eigenvalue weighted by atomic mass is 16.6. The lowest BCUT2D eigenvalue weighted by Crippen LogP contribution is -1.99. The van der Waals surface area contributed by atoms with Gasteiger partial charge in [0.2, 0.25) is 0 Å². The summed E-state index contributed by atoms with van der Waals surface area (Å²) in [6, 6.07) is 16.8. The number of nitrogens with one attached hydrogen (secondary N) is 1. The predicted molar refractivity (Wildman–Crippen MR) is 74.5 cm³/mol. The molecule has 0 spiro atoms. The molecule has 3 heteroatoms. The first-order valence-electron chi connectivity index (χ1n) is 5.88. The van der Waals surface area contributed by atoms with E-state index in [1.165, 1.54) is 28.9 Å². The predicted octanol–water partition coefficient (Wildman–Crippen LogP) is 3.29. The first-order valence-corrected chi connectivity index (χ1v) is 5.88. The monoisotopic (exact) mass is 243 g/mol. The minimum absolute atomic E-state index is 0.616. The van der Waals surface area contributed by atoms with Crippen molar-refractivity contribution in [3.63, 3.8) is 0 Å². The summed E-state index contributed by atoms with van der Waals surface area (Å²) in [5, 5.41) is 10.7. The molecule has 1 heterocycles. The van der Waals surface area contributed by atoms with E-state index in [0.717, 1.165) is 0 Å². The van der Waals surface area contributed by atoms with Crippen LogP contribution < -0.4 is 0 Å². The van der Waals surface area contributed by atoms with Crippen LogP contribution in [0.1, 0.15) is 6.92 Å². The third-order valence-electron chi connectivity index (χ3n) is 2.75. The van der Waals surface area contributed by atoms with E-state index in [-0.39, 0.29) is 0 Å². The van der Waals surface area contributed by atoms with Crippen LogP contribution in [0.2, 0.25) is 0 Å². The molecule has 1 unspecified atom stereocenters. The van der Waals surface area contributed by atoms with Gasteiger partial charge in [0, 0.05) is 28.9 Å². The van der Waals surface area contributed by atoms with Gasteiger partial charge in [-0.3, -0.25) is 0 Å². The van der Waals surface area contributed by atoms with E-state index >= 15 is 0 Å². The van der Waals surface area contributed by atoms with Crippen molar-refractivity contribution in [2.24, 2.45) is 0 Å². The number of hydrogen-bond acceptors (Lipinski definition) is 2. The minimum atomic E-state index is -0.616. The highest BCUT2D eigenvalue weighted by Gasteiger charge is 2.00. The molecular weight excluding hydrogens is 226 g/mol. The molecule has 0 amide bonds. The first-order chi connectivity index (χ1) is 8.72. The summed E-state index contributed by atoms with van der Waals surface area (Å²) in [5.74, 6) is 0. The number of benzene rings is 2. The fourth-order valence-electron chi connectivity index (χ4n) is 1.80. The van der Waals surface area contributed by atoms with Gasteiger partial charge in [0.1, 0.15) is 0 Å². The molecule has 1 aromatic heterocycles. The van der Waals surface area contributed by atoms with E-state index in [9.17, 15) is 0 Å². The number of methoxy groups -OCH3 is 1. The Kier molecular flexibility index (Phi) is 3.97. The third kappa shape index (κ3) is 2.70. The normalized spacial score (nSPS) is 12.2. The molecule has 1 atom stereocenters. The van der Waals surface area contributed by atoms with E-state index in [2.05, 4.69) is 58.3 Å². The van der Waals surface area contributed by atoms with Gasteiger partial charge >= 0.3 is 0 Å². The SMILES string of the molecule is COC(C)O.c1ccc2c(c1)[nH]c1ccccc12. The number of aliphatic hydroxyl groups is 1. The summed E-state index contributed by atoms with van der Waals surface area (Å²) in [6.45, 7) is 1.56. The molecule has 0 aliphatic heterocycles. The van der Waals surface area contributed by atoms with Crippen molar-refractivity contribution >= 4 is 21.8 Å². The molecule has 0 bridgehead atoms. The Bertz CT molecular complexity index is 578. The van der Waals surface area contributed by atoms with E-state index in [4.69, 9.17) is 5.11 Å². The zero-order valence-electron chi connectivity index (χ0n) is 10.6. The highest BCUT2D eigenvalue weighted by Crippen LogP contribution is 2.24. The molecule has 2 aromatic carbocycles. The zero-order chi connectivity index (χ0) is 13.0. The minimum Gasteiger partial charge on any atom is -0.368 e. The molecule has 0 saturated heterocycles. The largest absolute Gasteiger partial charge is 0.368 e. The summed E-state index contributed by atoms with van der Waals surface area (Å²) >= 11 is 0. The van der Waals surface area contributed by atoms with Crippen LogP contribution in [0.4, 0.5) is 0 Å². The van der Waals surface area contributed by atoms with E-state index in [0.29, 0.717) is 0 Å². The lowest BCUT2D eigenvalue weighted by molar-refractivity contribution is -0.0583. The smallest absolute Gasteiger partial charge is 0.151 e. The molecule has 0 radical (unpaired) electrons. The molecule has 0 fully saturated rings. The molecule has 3 nitrogen and oxygen atoms in total. The van der Waals surface area contributed by atoms with Gasteiger partial charge in [-0.1, -0.05) is 36.4 Å². The van der Waals surface area contributed by atoms with Crippen LogP contribution >= 0.6 is 0 Å². The molecule has 0 aliphatic carbocycles. The molecule has 18 heavy (non-hydrogen) atoms. The summed E-state index contributed by atoms with van der Waals surface area (Å²) in [4.78, 5) is 3.38. The Morgan fingerprint density at radius 2 is 1.33 bits per heavy atom. The quantitative estimate of drug-likeness (QED) is 0.644. The molecule has 0 aliphatic rings. The number of ether oxygens (including phenoxy) is 1. The Morgan fingerprint density at radius 1 is 0.944 bits per heavy atom. The molecule has 0 saturated carbocycles. The van der Waals surface area contributed by atoms with Crippen LogP contribution in [0.3, 0.4) is 0 Å². The van der Waals surface area contributed by atoms with Crippen molar-refractivity contribution in [3.8, 4) is 0 Å². The van der Waals surface area contributed by atoms with Gasteiger partial charge in [0.05, 0.1) is 0 Å². The maximum absolute atomic E-state index is 8.14. The van der Waals surface area contributed by atoms with Crippen LogP contribution in [0, 0.1) is 0 Å². The van der Waals surface area contributed by atoms with Crippen molar-refractivity contribution in [1.29, 1.82) is 0 Å². The van der Waals surface area contributed by atoms with Gasteiger partial charge in [-0.2, -0.15) is 0 Å². The van der Waals surface area contributed by atoms with Gasteiger partial charge in [-0.15, -0.1) is 0 Å². The second-order valence-corrected chi connectivity index (χ2v) is 4.05. The van der Waals surface area contributed by atoms with Gasteiger partial charge in [0.15, 0.2) is 6.29 Å². The number of hydrogen-bond donors (Lipinski definition) is 2. The topological polar surface area (TPSA) is 45.2 Å². The Labute approximate surface area is 106 Å². The number of fused-ring (bicyclic) bond motifs is 3. The maximum Gasteiger partial charge on any atom is 0.151 e. The summed E-state index contributed by atoms with van der Waals surface area (Å²) in [5.41, 5.74) is 2.42. The average Bonchev–Trinajstić information content (AvgIpc) is 2.78.